The van der Waals surface area contributed by atoms with Gasteiger partial charge in [0.15, 0.2) is 0 Å². The van der Waals surface area contributed by atoms with Crippen LogP contribution in [0.3, 0.4) is 0 Å². The van der Waals surface area contributed by atoms with Crippen LogP contribution in [0, 0.1) is 11.7 Å². The maximum absolute atomic E-state index is 14.1. The molecule has 2 aliphatic rings. The van der Waals surface area contributed by atoms with E-state index in [9.17, 15) is 9.18 Å². The molecule has 1 aromatic carbocycles. The molecular formula is C17H22FNO2. The number of hydrogen-bond donors (Lipinski definition) is 0. The van der Waals surface area contributed by atoms with E-state index in [-0.39, 0.29) is 11.5 Å². The third-order valence-corrected chi connectivity index (χ3v) is 4.91. The lowest BCUT2D eigenvalue weighted by Gasteiger charge is -2.44. The van der Waals surface area contributed by atoms with Crippen molar-refractivity contribution in [1.82, 2.24) is 4.90 Å². The van der Waals surface area contributed by atoms with Gasteiger partial charge >= 0.3 is 0 Å². The molecule has 0 aromatic heterocycles. The van der Waals surface area contributed by atoms with E-state index in [0.29, 0.717) is 17.7 Å². The van der Waals surface area contributed by atoms with Gasteiger partial charge in [-0.15, -0.1) is 0 Å². The smallest absolute Gasteiger partial charge is 0.257 e. The number of hydrogen-bond acceptors (Lipinski definition) is 2. The van der Waals surface area contributed by atoms with Crippen LogP contribution in [0.4, 0.5) is 4.39 Å². The Bertz CT molecular complexity index is 530. The average molecular weight is 291 g/mol. The number of rotatable bonds is 2. The number of carbonyl (C=O) groups excluding carboxylic acids is 1. The predicted octanol–water partition coefficient (Wildman–Crippen LogP) is 3.63. The minimum Gasteiger partial charge on any atom is -0.497 e. The minimum absolute atomic E-state index is 0.160. The Balaban J connectivity index is 1.83. The second-order valence-electron chi connectivity index (χ2n) is 6.10. The molecule has 1 heterocycles. The summed E-state index contributed by atoms with van der Waals surface area (Å²) in [6, 6.07) is 4.79. The van der Waals surface area contributed by atoms with Gasteiger partial charge in [0.25, 0.3) is 5.91 Å². The van der Waals surface area contributed by atoms with Crippen molar-refractivity contribution >= 4 is 5.91 Å². The summed E-state index contributed by atoms with van der Waals surface area (Å²) in [6.45, 7) is 0.755. The molecule has 21 heavy (non-hydrogen) atoms. The highest BCUT2D eigenvalue weighted by Crippen LogP contribution is 2.36. The number of piperidine rings is 1. The topological polar surface area (TPSA) is 29.5 Å². The van der Waals surface area contributed by atoms with E-state index in [1.165, 1.54) is 38.9 Å². The van der Waals surface area contributed by atoms with Crippen LogP contribution in [0.25, 0.3) is 0 Å². The molecule has 3 rings (SSSR count). The molecule has 2 fully saturated rings. The minimum atomic E-state index is -0.489. The van der Waals surface area contributed by atoms with Gasteiger partial charge in [-0.3, -0.25) is 4.79 Å². The highest BCUT2D eigenvalue weighted by molar-refractivity contribution is 5.95. The molecule has 1 aromatic rings. The molecule has 0 bridgehead atoms. The summed E-state index contributed by atoms with van der Waals surface area (Å²) in [5, 5.41) is 0. The van der Waals surface area contributed by atoms with Crippen molar-refractivity contribution < 1.29 is 13.9 Å². The largest absolute Gasteiger partial charge is 0.497 e. The predicted molar refractivity (Wildman–Crippen MR) is 79.0 cm³/mol. The van der Waals surface area contributed by atoms with Crippen LogP contribution in [-0.4, -0.2) is 30.5 Å². The van der Waals surface area contributed by atoms with Crippen LogP contribution >= 0.6 is 0 Å². The number of carbonyl (C=O) groups is 1. The van der Waals surface area contributed by atoms with E-state index in [2.05, 4.69) is 0 Å². The van der Waals surface area contributed by atoms with Crippen molar-refractivity contribution in [2.75, 3.05) is 13.7 Å². The van der Waals surface area contributed by atoms with Crippen molar-refractivity contribution in [2.24, 2.45) is 5.92 Å². The van der Waals surface area contributed by atoms with Gasteiger partial charge < -0.3 is 9.64 Å². The molecule has 1 saturated heterocycles. The molecule has 0 radical (unpaired) electrons. The van der Waals surface area contributed by atoms with E-state index in [1.54, 1.807) is 12.1 Å². The van der Waals surface area contributed by atoms with E-state index < -0.39 is 5.82 Å². The summed E-state index contributed by atoms with van der Waals surface area (Å²) in [4.78, 5) is 14.6. The zero-order valence-electron chi connectivity index (χ0n) is 12.5. The average Bonchev–Trinajstić information content (AvgIpc) is 2.53. The van der Waals surface area contributed by atoms with Gasteiger partial charge in [0.2, 0.25) is 0 Å². The molecule has 114 valence electrons. The van der Waals surface area contributed by atoms with Crippen molar-refractivity contribution in [3.63, 3.8) is 0 Å². The molecule has 0 spiro atoms. The third kappa shape index (κ3) is 2.76. The Morgan fingerprint density at radius 1 is 1.24 bits per heavy atom. The van der Waals surface area contributed by atoms with Crippen LogP contribution in [0.1, 0.15) is 48.9 Å². The zero-order chi connectivity index (χ0) is 14.8. The molecule has 1 aliphatic carbocycles. The quantitative estimate of drug-likeness (QED) is 0.832. The molecule has 1 saturated carbocycles. The van der Waals surface area contributed by atoms with Gasteiger partial charge in [-0.05, 0) is 43.7 Å². The first kappa shape index (κ1) is 14.4. The lowest BCUT2D eigenvalue weighted by Crippen LogP contribution is -2.49. The van der Waals surface area contributed by atoms with Crippen LogP contribution in [0.15, 0.2) is 18.2 Å². The van der Waals surface area contributed by atoms with Crippen LogP contribution in [0.5, 0.6) is 5.75 Å². The van der Waals surface area contributed by atoms with Crippen molar-refractivity contribution in [2.45, 2.75) is 44.6 Å². The number of halogens is 1. The number of benzene rings is 1. The molecule has 3 nitrogen and oxygen atoms in total. The SMILES string of the molecule is COc1ccc(C(=O)N2CCCC3CCCCC32)c(F)c1. The summed E-state index contributed by atoms with van der Waals surface area (Å²) < 4.78 is 19.1. The first-order valence-electron chi connectivity index (χ1n) is 7.85. The monoisotopic (exact) mass is 291 g/mol. The lowest BCUT2D eigenvalue weighted by molar-refractivity contribution is 0.0386. The number of nitrogens with zero attached hydrogens (tertiary/aromatic N) is 1. The van der Waals surface area contributed by atoms with Crippen LogP contribution < -0.4 is 4.74 Å². The van der Waals surface area contributed by atoms with Gasteiger partial charge in [0.1, 0.15) is 11.6 Å². The highest BCUT2D eigenvalue weighted by Gasteiger charge is 2.36. The van der Waals surface area contributed by atoms with Crippen molar-refractivity contribution in [3.8, 4) is 5.75 Å². The first-order valence-corrected chi connectivity index (χ1v) is 7.85. The van der Waals surface area contributed by atoms with Crippen LogP contribution in [0.2, 0.25) is 0 Å². The van der Waals surface area contributed by atoms with Crippen molar-refractivity contribution in [3.05, 3.63) is 29.6 Å². The van der Waals surface area contributed by atoms with Gasteiger partial charge in [0.05, 0.1) is 12.7 Å². The number of methoxy groups -OCH3 is 1. The van der Waals surface area contributed by atoms with Crippen LogP contribution in [-0.2, 0) is 0 Å². The molecule has 1 aliphatic heterocycles. The fraction of sp³-hybridized carbons (Fsp3) is 0.588. The molecule has 2 unspecified atom stereocenters. The summed E-state index contributed by atoms with van der Waals surface area (Å²) >= 11 is 0. The Labute approximate surface area is 125 Å². The van der Waals surface area contributed by atoms with E-state index in [0.717, 1.165) is 19.4 Å². The fourth-order valence-electron chi connectivity index (χ4n) is 3.83. The second-order valence-corrected chi connectivity index (χ2v) is 6.10. The lowest BCUT2D eigenvalue weighted by atomic mass is 9.78. The third-order valence-electron chi connectivity index (χ3n) is 4.91. The Morgan fingerprint density at radius 2 is 2.00 bits per heavy atom. The number of fused-ring (bicyclic) bond motifs is 1. The maximum Gasteiger partial charge on any atom is 0.257 e. The number of ether oxygens (including phenoxy) is 1. The van der Waals surface area contributed by atoms with E-state index in [4.69, 9.17) is 4.74 Å². The fourth-order valence-corrected chi connectivity index (χ4v) is 3.83. The van der Waals surface area contributed by atoms with Crippen molar-refractivity contribution in [1.29, 1.82) is 0 Å². The maximum atomic E-state index is 14.1. The standard InChI is InChI=1S/C17H22FNO2/c1-21-13-8-9-14(15(18)11-13)17(20)19-10-4-6-12-5-2-3-7-16(12)19/h8-9,11-12,16H,2-7,10H2,1H3. The Morgan fingerprint density at radius 3 is 2.76 bits per heavy atom. The Kier molecular flexibility index (Phi) is 4.13. The van der Waals surface area contributed by atoms with Gasteiger partial charge in [-0.2, -0.15) is 0 Å². The van der Waals surface area contributed by atoms with E-state index in [1.807, 2.05) is 4.90 Å². The van der Waals surface area contributed by atoms with E-state index >= 15 is 0 Å². The highest BCUT2D eigenvalue weighted by atomic mass is 19.1. The zero-order valence-corrected chi connectivity index (χ0v) is 12.5. The summed E-state index contributed by atoms with van der Waals surface area (Å²) in [6.07, 6.45) is 6.95. The molecule has 2 atom stereocenters. The van der Waals surface area contributed by atoms with Gasteiger partial charge in [-0.1, -0.05) is 12.8 Å². The molecular weight excluding hydrogens is 269 g/mol. The first-order chi connectivity index (χ1) is 10.2. The molecule has 4 heteroatoms. The Hall–Kier alpha value is -1.58. The normalized spacial score (nSPS) is 25.3. The summed E-state index contributed by atoms with van der Waals surface area (Å²) in [5.74, 6) is 0.403. The summed E-state index contributed by atoms with van der Waals surface area (Å²) in [7, 11) is 1.49. The number of amides is 1. The van der Waals surface area contributed by atoms with Gasteiger partial charge in [0, 0.05) is 18.7 Å². The summed E-state index contributed by atoms with van der Waals surface area (Å²) in [5.41, 5.74) is 0.169. The molecule has 1 amide bonds. The van der Waals surface area contributed by atoms with Gasteiger partial charge in [-0.25, -0.2) is 4.39 Å². The second kappa shape index (κ2) is 6.04. The number of likely N-dealkylation sites (tertiary alicyclic amines) is 1. The molecule has 0 N–H and O–H groups in total.